The molecule has 7 nitrogen and oxygen atoms in total. The average Bonchev–Trinajstić information content (AvgIpc) is 3.04. The van der Waals surface area contributed by atoms with Crippen LogP contribution < -0.4 is 5.32 Å². The Morgan fingerprint density at radius 2 is 1.77 bits per heavy atom. The van der Waals surface area contributed by atoms with E-state index in [9.17, 15) is 39.4 Å². The number of nitrogens with one attached hydrogen (secondary N) is 1. The van der Waals surface area contributed by atoms with Gasteiger partial charge in [0, 0.05) is 10.6 Å². The molecule has 1 unspecified atom stereocenters. The van der Waals surface area contributed by atoms with Gasteiger partial charge in [-0.05, 0) is 35.8 Å². The second-order valence-electron chi connectivity index (χ2n) is 4.41. The zero-order valence-corrected chi connectivity index (χ0v) is 14.5. The highest BCUT2D eigenvalue weighted by Crippen LogP contribution is 2.27. The third kappa shape index (κ3) is 4.21. The Balaban J connectivity index is 2.22. The smallest absolute Gasteiger partial charge is 0.321 e. The van der Waals surface area contributed by atoms with Gasteiger partial charge in [0.05, 0.1) is 0 Å². The molecule has 0 bridgehead atoms. The first-order chi connectivity index (χ1) is 11.9. The Morgan fingerprint density at radius 1 is 1.19 bits per heavy atom. The summed E-state index contributed by atoms with van der Waals surface area (Å²) in [5.74, 6) is -4.96. The molecule has 1 aromatic heterocycles. The molecule has 2 aromatic rings. The summed E-state index contributed by atoms with van der Waals surface area (Å²) in [4.78, 5) is 10.7. The van der Waals surface area contributed by atoms with Crippen molar-refractivity contribution in [3.63, 3.8) is 0 Å². The van der Waals surface area contributed by atoms with Crippen molar-refractivity contribution >= 4 is 43.8 Å². The number of aromatic nitrogens is 2. The van der Waals surface area contributed by atoms with Crippen LogP contribution in [0.3, 0.4) is 0 Å². The van der Waals surface area contributed by atoms with Crippen molar-refractivity contribution in [2.24, 2.45) is 0 Å². The maximum atomic E-state index is 12.6. The number of hydrogen-bond donors (Lipinski definition) is 1. The predicted octanol–water partition coefficient (Wildman–Crippen LogP) is 2.41. The molecule has 1 amide bonds. The lowest BCUT2D eigenvalue weighted by Gasteiger charge is -2.08. The number of benzene rings is 1. The molecule has 0 saturated heterocycles. The SMILES string of the molecule is O=C(Nc1ccc(S(=O)C(F)(F)F)cc1)c1snnc1S(=O)(=O)C(F)F. The normalized spacial score (nSPS) is 13.6. The van der Waals surface area contributed by atoms with Gasteiger partial charge in [-0.1, -0.05) is 4.49 Å². The summed E-state index contributed by atoms with van der Waals surface area (Å²) < 4.78 is 99.3. The van der Waals surface area contributed by atoms with Crippen molar-refractivity contribution < 1.29 is 39.4 Å². The maximum Gasteiger partial charge on any atom is 0.475 e. The van der Waals surface area contributed by atoms with E-state index in [4.69, 9.17) is 0 Å². The van der Waals surface area contributed by atoms with E-state index in [0.717, 1.165) is 24.3 Å². The summed E-state index contributed by atoms with van der Waals surface area (Å²) >= 11 is 0.250. The molecule has 0 aliphatic rings. The van der Waals surface area contributed by atoms with Crippen molar-refractivity contribution in [1.82, 2.24) is 9.59 Å². The lowest BCUT2D eigenvalue weighted by Crippen LogP contribution is -2.19. The van der Waals surface area contributed by atoms with Crippen LogP contribution in [-0.4, -0.2) is 39.4 Å². The molecule has 1 N–H and O–H groups in total. The molecule has 2 rings (SSSR count). The van der Waals surface area contributed by atoms with Crippen LogP contribution >= 0.6 is 11.5 Å². The monoisotopic (exact) mass is 435 g/mol. The van der Waals surface area contributed by atoms with Gasteiger partial charge in [-0.25, -0.2) is 12.6 Å². The quantitative estimate of drug-likeness (QED) is 0.723. The topological polar surface area (TPSA) is 106 Å². The summed E-state index contributed by atoms with van der Waals surface area (Å²) in [6, 6.07) is 3.63. The zero-order valence-electron chi connectivity index (χ0n) is 12.0. The van der Waals surface area contributed by atoms with E-state index >= 15 is 0 Å². The molecule has 142 valence electrons. The minimum Gasteiger partial charge on any atom is -0.321 e. The molecule has 1 atom stereocenters. The zero-order chi connectivity index (χ0) is 19.7. The van der Waals surface area contributed by atoms with E-state index in [0.29, 0.717) is 0 Å². The number of halogens is 5. The number of alkyl halides is 5. The third-order valence-electron chi connectivity index (χ3n) is 2.70. The number of carbonyl (C=O) groups is 1. The Bertz CT molecular complexity index is 941. The molecule has 0 spiro atoms. The number of sulfone groups is 1. The largest absolute Gasteiger partial charge is 0.475 e. The fraction of sp³-hybridized carbons (Fsp3) is 0.182. The number of nitrogens with zero attached hydrogens (tertiary/aromatic N) is 2. The number of carbonyl (C=O) groups excluding carboxylic acids is 1. The first-order valence-corrected chi connectivity index (χ1v) is 9.66. The highest BCUT2D eigenvalue weighted by Gasteiger charge is 2.38. The van der Waals surface area contributed by atoms with Gasteiger partial charge < -0.3 is 5.32 Å². The van der Waals surface area contributed by atoms with E-state index in [1.807, 2.05) is 0 Å². The summed E-state index contributed by atoms with van der Waals surface area (Å²) in [5, 5.41) is 3.91. The minimum absolute atomic E-state index is 0.0910. The van der Waals surface area contributed by atoms with Crippen molar-refractivity contribution in [2.75, 3.05) is 5.32 Å². The van der Waals surface area contributed by atoms with Crippen LogP contribution in [-0.2, 0) is 20.6 Å². The standard InChI is InChI=1S/C11H6F5N3O4S3/c12-10(13)26(22,23)9-7(24-19-18-9)8(20)17-5-1-3-6(4-2-5)25(21)11(14,15)16/h1-4,10H,(H,17,20). The number of hydrogen-bond acceptors (Lipinski definition) is 7. The van der Waals surface area contributed by atoms with Crippen LogP contribution in [0.2, 0.25) is 0 Å². The lowest BCUT2D eigenvalue weighted by molar-refractivity contribution is -0.0384. The van der Waals surface area contributed by atoms with E-state index in [2.05, 4.69) is 14.9 Å². The van der Waals surface area contributed by atoms with E-state index in [1.54, 1.807) is 0 Å². The first-order valence-electron chi connectivity index (χ1n) is 6.19. The fourth-order valence-corrected chi connectivity index (χ4v) is 3.87. The Hall–Kier alpha value is -2.00. The molecular weight excluding hydrogens is 429 g/mol. The molecule has 1 heterocycles. The Morgan fingerprint density at radius 3 is 2.27 bits per heavy atom. The molecule has 0 fully saturated rings. The summed E-state index contributed by atoms with van der Waals surface area (Å²) in [6.45, 7) is 0. The molecular formula is C11H6F5N3O4S3. The van der Waals surface area contributed by atoms with E-state index < -0.39 is 52.6 Å². The van der Waals surface area contributed by atoms with Crippen molar-refractivity contribution in [3.05, 3.63) is 29.1 Å². The lowest BCUT2D eigenvalue weighted by atomic mass is 10.3. The summed E-state index contributed by atoms with van der Waals surface area (Å²) in [7, 11) is -8.42. The Kier molecular flexibility index (Phi) is 5.72. The van der Waals surface area contributed by atoms with Gasteiger partial charge in [-0.2, -0.15) is 22.0 Å². The summed E-state index contributed by atoms with van der Waals surface area (Å²) in [5.41, 5.74) is -5.05. The van der Waals surface area contributed by atoms with Gasteiger partial charge >= 0.3 is 11.3 Å². The average molecular weight is 435 g/mol. The highest BCUT2D eigenvalue weighted by molar-refractivity contribution is 7.91. The van der Waals surface area contributed by atoms with E-state index in [1.165, 1.54) is 0 Å². The molecule has 0 radical (unpaired) electrons. The fourth-order valence-electron chi connectivity index (χ4n) is 1.58. The number of amides is 1. The van der Waals surface area contributed by atoms with Crippen LogP contribution in [0.15, 0.2) is 34.2 Å². The third-order valence-corrected chi connectivity index (χ3v) is 5.97. The van der Waals surface area contributed by atoms with Crippen LogP contribution in [0.1, 0.15) is 9.67 Å². The minimum atomic E-state index is -5.16. The predicted molar refractivity (Wildman–Crippen MR) is 80.0 cm³/mol. The molecule has 0 saturated carbocycles. The van der Waals surface area contributed by atoms with Crippen molar-refractivity contribution in [2.45, 2.75) is 21.2 Å². The van der Waals surface area contributed by atoms with Gasteiger partial charge in [-0.3, -0.25) is 4.79 Å². The molecule has 26 heavy (non-hydrogen) atoms. The number of rotatable bonds is 5. The van der Waals surface area contributed by atoms with Gasteiger partial charge in [-0.15, -0.1) is 5.10 Å². The first kappa shape index (κ1) is 20.3. The van der Waals surface area contributed by atoms with Gasteiger partial charge in [0.15, 0.2) is 15.7 Å². The van der Waals surface area contributed by atoms with Crippen molar-refractivity contribution in [3.8, 4) is 0 Å². The molecule has 15 heteroatoms. The van der Waals surface area contributed by atoms with Crippen LogP contribution in [0.25, 0.3) is 0 Å². The van der Waals surface area contributed by atoms with Crippen LogP contribution in [0.4, 0.5) is 27.6 Å². The van der Waals surface area contributed by atoms with Crippen LogP contribution in [0.5, 0.6) is 0 Å². The molecule has 0 aliphatic carbocycles. The number of anilines is 1. The summed E-state index contributed by atoms with van der Waals surface area (Å²) in [6.07, 6.45) is 0. The van der Waals surface area contributed by atoms with Gasteiger partial charge in [0.25, 0.3) is 15.7 Å². The Labute approximate surface area is 148 Å². The maximum absolute atomic E-state index is 12.6. The highest BCUT2D eigenvalue weighted by atomic mass is 32.2. The van der Waals surface area contributed by atoms with E-state index in [-0.39, 0.29) is 17.2 Å². The second kappa shape index (κ2) is 7.32. The molecule has 1 aromatic carbocycles. The van der Waals surface area contributed by atoms with Gasteiger partial charge in [0.2, 0.25) is 5.03 Å². The van der Waals surface area contributed by atoms with Gasteiger partial charge in [0.1, 0.15) is 0 Å². The van der Waals surface area contributed by atoms with Crippen molar-refractivity contribution in [1.29, 1.82) is 0 Å². The molecule has 0 aliphatic heterocycles. The second-order valence-corrected chi connectivity index (χ2v) is 8.46. The van der Waals surface area contributed by atoms with Crippen LogP contribution in [0, 0.1) is 0 Å².